The van der Waals surface area contributed by atoms with E-state index in [0.717, 1.165) is 0 Å². The molecule has 3 aliphatic carbocycles. The van der Waals surface area contributed by atoms with Crippen LogP contribution in [0, 0.1) is 0 Å². The normalized spacial score (nSPS) is 25.8. The van der Waals surface area contributed by atoms with E-state index in [-0.39, 0.29) is 64.6 Å². The minimum Gasteiger partial charge on any atom is -0.391 e. The summed E-state index contributed by atoms with van der Waals surface area (Å²) in [5.41, 5.74) is 2.00. The largest absolute Gasteiger partial charge is 0.391 e. The van der Waals surface area contributed by atoms with Gasteiger partial charge in [-0.1, -0.05) is 12.1 Å². The summed E-state index contributed by atoms with van der Waals surface area (Å²) in [4.78, 5) is 83.6. The molecule has 17 N–H and O–H groups in total. The summed E-state index contributed by atoms with van der Waals surface area (Å²) < 4.78 is 51.2. The fraction of sp³-hybridized carbons (Fsp3) is 0.500. The number of nitrogens with zero attached hydrogens (tertiary/aromatic N) is 10. The lowest BCUT2D eigenvalue weighted by Crippen LogP contribution is -2.44. The number of aliphatic hydroxyl groups is 5. The third kappa shape index (κ3) is 13.5. The molecule has 0 bridgehead atoms. The van der Waals surface area contributed by atoms with E-state index >= 15 is 0 Å². The predicted molar refractivity (Wildman–Crippen MR) is 313 cm³/mol. The quantitative estimate of drug-likeness (QED) is 0.0452. The number of urea groups is 2. The smallest absolute Gasteiger partial charge is 0.319 e. The van der Waals surface area contributed by atoms with Gasteiger partial charge in [0.15, 0.2) is 34.0 Å². The van der Waals surface area contributed by atoms with Gasteiger partial charge in [0.05, 0.1) is 46.7 Å². The lowest BCUT2D eigenvalue weighted by molar-refractivity contribution is -0.125. The number of carbonyl (C=O) groups excluding carboxylic acids is 4. The van der Waals surface area contributed by atoms with Gasteiger partial charge >= 0.3 is 12.1 Å². The molecule has 2 saturated heterocycles. The van der Waals surface area contributed by atoms with Crippen molar-refractivity contribution >= 4 is 101 Å². The Hall–Kier alpha value is -8.16. The van der Waals surface area contributed by atoms with Crippen molar-refractivity contribution in [3.63, 3.8) is 0 Å². The van der Waals surface area contributed by atoms with Crippen LogP contribution in [0.1, 0.15) is 69.9 Å². The summed E-state index contributed by atoms with van der Waals surface area (Å²) in [6, 6.07) is 6.30. The van der Waals surface area contributed by atoms with E-state index in [4.69, 9.17) is 40.2 Å². The van der Waals surface area contributed by atoms with Crippen LogP contribution >= 0.6 is 0 Å². The number of nitrogens with two attached hydrogens (primary N) is 2. The topological polar surface area (TPSA) is 480 Å². The fourth-order valence-corrected chi connectivity index (χ4v) is 13.4. The molecule has 466 valence electrons. The second-order valence-electron chi connectivity index (χ2n) is 22.6. The van der Waals surface area contributed by atoms with Crippen molar-refractivity contribution in [2.75, 3.05) is 70.5 Å². The molecular weight excluding hydrogens is 1180 g/mol. The lowest BCUT2D eigenvalue weighted by atomic mass is 9.91. The highest BCUT2D eigenvalue weighted by Crippen LogP contribution is 2.38. The Balaban J connectivity index is 0.811. The third-order valence-electron chi connectivity index (χ3n) is 16.5. The van der Waals surface area contributed by atoms with Crippen LogP contribution in [0.3, 0.4) is 0 Å². The molecule has 2 aromatic carbocycles. The Morgan fingerprint density at radius 2 is 1.02 bits per heavy atom. The van der Waals surface area contributed by atoms with E-state index in [1.54, 1.807) is 15.5 Å². The standard InChI is InChI=1S/C52H68N20O13S2/c53-86(82,83)33-5-1-3-28(15-33)60-51(80)62-30-11-13-69(20-30)49-65-45(41-47(67-49)71(24-55-41)36-17-32(18-38(36)75)57-39(76)22-73)58-26-7-9-27(10-8-26)59-46-42-48(72(25-56-42)37-19-35(43(78)44(37)79)64-40(77)23-74)68-50(66-46)70-14-12-31(21-70)63-52(81)61-29-4-2-6-34(16-29)87(54,84)85/h1-6,15-16,24-27,30-32,35-38,43-44,73-75,78-79H,7-14,17-23H2,(H,57,76)(H,64,77)(H2,53,82,83)(H2,54,84,85)(H,58,65,67)(H,59,66,68)(H2,60,62,80)(H2,61,63,81)/t26?,27?,30-,31-,32+,35+,36-,37-,38-,43-,44+/m1/s1. The van der Waals surface area contributed by atoms with Gasteiger partial charge < -0.3 is 87.0 Å². The molecule has 87 heavy (non-hydrogen) atoms. The van der Waals surface area contributed by atoms with Gasteiger partial charge in [0, 0.05) is 67.8 Å². The maximum Gasteiger partial charge on any atom is 0.319 e. The molecule has 4 aromatic heterocycles. The highest BCUT2D eigenvalue weighted by atomic mass is 32.2. The molecule has 0 unspecified atom stereocenters. The van der Waals surface area contributed by atoms with E-state index < -0.39 is 106 Å². The second-order valence-corrected chi connectivity index (χ2v) is 25.7. The molecule has 3 saturated carbocycles. The molecule has 33 nitrogen and oxygen atoms in total. The number of anilines is 6. The number of amides is 6. The van der Waals surface area contributed by atoms with Crippen molar-refractivity contribution in [3.05, 3.63) is 61.2 Å². The third-order valence-corrected chi connectivity index (χ3v) is 18.4. The van der Waals surface area contributed by atoms with Crippen LogP contribution in [0.5, 0.6) is 0 Å². The number of nitrogens with one attached hydrogen (secondary N) is 8. The summed E-state index contributed by atoms with van der Waals surface area (Å²) in [6.07, 6.45) is 3.62. The molecule has 5 aliphatic rings. The van der Waals surface area contributed by atoms with Gasteiger partial charge in [0.25, 0.3) is 0 Å². The number of hydrogen-bond acceptors (Lipinski definition) is 23. The Labute approximate surface area is 497 Å². The average molecular weight is 1250 g/mol. The van der Waals surface area contributed by atoms with E-state index in [9.17, 15) is 61.5 Å². The first-order valence-electron chi connectivity index (χ1n) is 28.3. The summed E-state index contributed by atoms with van der Waals surface area (Å²) in [5, 5.41) is 86.9. The molecule has 0 radical (unpaired) electrons. The zero-order chi connectivity index (χ0) is 61.5. The number of carbonyl (C=O) groups is 4. The molecule has 6 aromatic rings. The molecule has 2 aliphatic heterocycles. The highest BCUT2D eigenvalue weighted by molar-refractivity contribution is 7.89. The first kappa shape index (κ1) is 60.5. The Kier molecular flexibility index (Phi) is 17.3. The van der Waals surface area contributed by atoms with E-state index in [2.05, 4.69) is 42.5 Å². The van der Waals surface area contributed by atoms with Crippen LogP contribution in [0.2, 0.25) is 0 Å². The molecule has 35 heteroatoms. The zero-order valence-electron chi connectivity index (χ0n) is 46.7. The molecule has 9 atom stereocenters. The van der Waals surface area contributed by atoms with Crippen LogP contribution < -0.4 is 62.6 Å². The van der Waals surface area contributed by atoms with Crippen molar-refractivity contribution in [2.45, 2.75) is 134 Å². The number of aliphatic hydroxyl groups excluding tert-OH is 5. The number of rotatable bonds is 18. The number of fused-ring (bicyclic) bond motifs is 2. The van der Waals surface area contributed by atoms with Crippen molar-refractivity contribution in [1.82, 2.24) is 60.3 Å². The molecule has 0 spiro atoms. The minimum atomic E-state index is -4.02. The van der Waals surface area contributed by atoms with Crippen LogP contribution in [0.15, 0.2) is 71.0 Å². The molecule has 6 heterocycles. The predicted octanol–water partition coefficient (Wildman–Crippen LogP) is -1.79. The van der Waals surface area contributed by atoms with Crippen molar-refractivity contribution in [3.8, 4) is 0 Å². The van der Waals surface area contributed by atoms with Crippen LogP contribution in [-0.4, -0.2) is 199 Å². The number of benzene rings is 2. The van der Waals surface area contributed by atoms with Crippen LogP contribution in [0.25, 0.3) is 22.3 Å². The monoisotopic (exact) mass is 1240 g/mol. The maximum atomic E-state index is 13.2. The minimum absolute atomic E-state index is 0.0805. The zero-order valence-corrected chi connectivity index (χ0v) is 48.3. The second kappa shape index (κ2) is 24.9. The van der Waals surface area contributed by atoms with Gasteiger partial charge in [-0.15, -0.1) is 0 Å². The highest BCUT2D eigenvalue weighted by Gasteiger charge is 2.44. The summed E-state index contributed by atoms with van der Waals surface area (Å²) in [7, 11) is -8.03. The average Bonchev–Trinajstić information content (AvgIpc) is 1.95. The van der Waals surface area contributed by atoms with E-state index in [1.807, 2.05) is 9.80 Å². The Morgan fingerprint density at radius 3 is 1.49 bits per heavy atom. The number of hydrogen-bond donors (Lipinski definition) is 15. The van der Waals surface area contributed by atoms with E-state index in [0.29, 0.717) is 104 Å². The van der Waals surface area contributed by atoms with Gasteiger partial charge in [-0.2, -0.15) is 19.9 Å². The lowest BCUT2D eigenvalue weighted by Gasteiger charge is -2.31. The number of primary sulfonamides is 2. The molecule has 11 rings (SSSR count). The Bertz CT molecular complexity index is 3810. The SMILES string of the molecule is NS(=O)(=O)c1cccc(NC(=O)N[C@@H]2CCN(c3nc(NC4CCC(Nc5nc(N6CC[C@@H](NC(=O)Nc7cccc(S(N)(=O)=O)c7)C6)nc6c5ncn6[C@@H]5C[C@H](NC(=O)CO)C[C@H]5O)CC4)c4ncn([C@@H]5C[C@H](NC(=O)CO)[C@@H](O)[C@H]5O)c4n3)C2)c1. The van der Waals surface area contributed by atoms with E-state index in [1.165, 1.54) is 54.9 Å². The molecule has 5 fully saturated rings. The van der Waals surface area contributed by atoms with Crippen LogP contribution in [-0.2, 0) is 29.6 Å². The van der Waals surface area contributed by atoms with Gasteiger partial charge in [-0.25, -0.2) is 46.7 Å². The molecular formula is C52H68N20O13S2. The number of sulfonamides is 2. The van der Waals surface area contributed by atoms with Gasteiger partial charge in [-0.05, 0) is 94.2 Å². The van der Waals surface area contributed by atoms with Crippen LogP contribution in [0.4, 0.5) is 44.5 Å². The summed E-state index contributed by atoms with van der Waals surface area (Å²) in [5.74, 6) is 0.152. The van der Waals surface area contributed by atoms with Crippen molar-refractivity contribution in [2.24, 2.45) is 10.3 Å². The summed E-state index contributed by atoms with van der Waals surface area (Å²) in [6.45, 7) is -0.0642. The fourth-order valence-electron chi connectivity index (χ4n) is 12.2. The van der Waals surface area contributed by atoms with Gasteiger partial charge in [0.2, 0.25) is 43.8 Å². The Morgan fingerprint density at radius 1 is 0.552 bits per heavy atom. The summed E-state index contributed by atoms with van der Waals surface area (Å²) >= 11 is 0. The van der Waals surface area contributed by atoms with Crippen molar-refractivity contribution in [1.29, 1.82) is 0 Å². The van der Waals surface area contributed by atoms with Gasteiger partial charge in [0.1, 0.15) is 25.4 Å². The number of imidazole rings is 2. The first-order chi connectivity index (χ1) is 41.6. The number of aromatic nitrogens is 8. The molecule has 6 amide bonds. The maximum absolute atomic E-state index is 13.2. The van der Waals surface area contributed by atoms with Gasteiger partial charge in [-0.3, -0.25) is 9.59 Å². The van der Waals surface area contributed by atoms with Crippen molar-refractivity contribution < 1.29 is 61.5 Å². The first-order valence-corrected chi connectivity index (χ1v) is 31.4.